The average Bonchev–Trinajstić information content (AvgIpc) is 2.83. The van der Waals surface area contributed by atoms with Gasteiger partial charge in [0.05, 0.1) is 0 Å². The third kappa shape index (κ3) is 1.26. The molecule has 1 aromatic heterocycles. The molecule has 0 aliphatic carbocycles. The highest BCUT2D eigenvalue weighted by atomic mass is 15.4. The number of aromatic nitrogens is 3. The Morgan fingerprint density at radius 1 is 1.20 bits per heavy atom. The Balaban J connectivity index is 2.01. The van der Waals surface area contributed by atoms with Crippen molar-refractivity contribution in [1.29, 1.82) is 0 Å². The van der Waals surface area contributed by atoms with Gasteiger partial charge in [-0.1, -0.05) is 18.2 Å². The first-order valence-electron chi connectivity index (χ1n) is 4.91. The highest BCUT2D eigenvalue weighted by Crippen LogP contribution is 2.16. The van der Waals surface area contributed by atoms with Crippen LogP contribution in [-0.4, -0.2) is 25.6 Å². The van der Waals surface area contributed by atoms with Gasteiger partial charge in [0.15, 0.2) is 0 Å². The second kappa shape index (κ2) is 3.02. The predicted octanol–water partition coefficient (Wildman–Crippen LogP) is 1.32. The molecule has 1 aromatic carbocycles. The maximum Gasteiger partial charge on any atom is 0.231 e. The molecule has 0 saturated heterocycles. The van der Waals surface area contributed by atoms with Gasteiger partial charge in [0.2, 0.25) is 24.4 Å². The van der Waals surface area contributed by atoms with Crippen LogP contribution in [0.15, 0.2) is 30.3 Å². The van der Waals surface area contributed by atoms with E-state index in [1.165, 1.54) is 5.69 Å². The molecular weight excluding hydrogens is 188 g/mol. The molecule has 0 radical (unpaired) electrons. The monoisotopic (exact) mass is 199 g/mol. The van der Waals surface area contributed by atoms with Crippen LogP contribution in [0.4, 0.5) is 5.69 Å². The van der Waals surface area contributed by atoms with Crippen LogP contribution >= 0.6 is 0 Å². The van der Waals surface area contributed by atoms with Gasteiger partial charge in [0, 0.05) is 12.1 Å². The molecule has 3 rings (SSSR count). The van der Waals surface area contributed by atoms with Crippen LogP contribution in [0.25, 0.3) is 0 Å². The molecule has 0 spiro atoms. The summed E-state index contributed by atoms with van der Waals surface area (Å²) in [6, 6.07) is 10.3. The highest BCUT2D eigenvalue weighted by Gasteiger charge is 2.23. The van der Waals surface area contributed by atoms with Gasteiger partial charge in [-0.25, -0.2) is 4.57 Å². The summed E-state index contributed by atoms with van der Waals surface area (Å²) in [5.74, 6) is 1.89. The van der Waals surface area contributed by atoms with Gasteiger partial charge in [-0.3, -0.25) is 0 Å². The smallest absolute Gasteiger partial charge is 0.231 e. The molecule has 1 aliphatic rings. The van der Waals surface area contributed by atoms with Crippen LogP contribution in [0, 0.1) is 6.92 Å². The summed E-state index contributed by atoms with van der Waals surface area (Å²) >= 11 is 0. The number of para-hydroxylation sites is 1. The number of aryl methyl sites for hydroxylation is 1. The van der Waals surface area contributed by atoms with Gasteiger partial charge in [-0.05, 0) is 6.92 Å². The standard InChI is InChI=1S/C11H11N4/c1-9-12-13-11-7-14(8-15(9)11)10-5-3-2-4-6-10/h2-7H,8H2,1H3/q+1. The molecule has 2 heterocycles. The fraction of sp³-hybridized carbons (Fsp3) is 0.182. The van der Waals surface area contributed by atoms with Crippen molar-refractivity contribution < 1.29 is 4.58 Å². The molecule has 0 bridgehead atoms. The minimum absolute atomic E-state index is 0.804. The van der Waals surface area contributed by atoms with E-state index in [0.717, 1.165) is 18.3 Å². The lowest BCUT2D eigenvalue weighted by molar-refractivity contribution is -0.463. The van der Waals surface area contributed by atoms with Crippen LogP contribution in [0.1, 0.15) is 11.6 Å². The van der Waals surface area contributed by atoms with Crippen LogP contribution in [-0.2, 0) is 6.67 Å². The highest BCUT2D eigenvalue weighted by molar-refractivity contribution is 5.72. The van der Waals surface area contributed by atoms with Crippen LogP contribution in [0.2, 0.25) is 0 Å². The summed E-state index contributed by atoms with van der Waals surface area (Å²) in [5.41, 5.74) is 1.18. The SMILES string of the molecule is Cc1nnc2n1C[N+](c1ccccc1)=C2. The average molecular weight is 199 g/mol. The lowest BCUT2D eigenvalue weighted by Gasteiger charge is -1.97. The van der Waals surface area contributed by atoms with E-state index >= 15 is 0 Å². The minimum atomic E-state index is 0.804. The van der Waals surface area contributed by atoms with Crippen LogP contribution in [0.5, 0.6) is 0 Å². The van der Waals surface area contributed by atoms with Crippen molar-refractivity contribution in [2.24, 2.45) is 0 Å². The maximum absolute atomic E-state index is 4.09. The first-order valence-corrected chi connectivity index (χ1v) is 4.91. The minimum Gasteiger partial charge on any atom is -0.248 e. The van der Waals surface area contributed by atoms with E-state index in [4.69, 9.17) is 0 Å². The topological polar surface area (TPSA) is 33.7 Å². The van der Waals surface area contributed by atoms with Gasteiger partial charge in [-0.2, -0.15) is 4.58 Å². The largest absolute Gasteiger partial charge is 0.248 e. The molecule has 74 valence electrons. The molecule has 1 aliphatic heterocycles. The second-order valence-corrected chi connectivity index (χ2v) is 3.61. The molecule has 0 unspecified atom stereocenters. The van der Waals surface area contributed by atoms with E-state index in [0.29, 0.717) is 0 Å². The number of rotatable bonds is 1. The van der Waals surface area contributed by atoms with Gasteiger partial charge >= 0.3 is 0 Å². The zero-order valence-corrected chi connectivity index (χ0v) is 8.46. The van der Waals surface area contributed by atoms with Crippen LogP contribution in [0.3, 0.4) is 0 Å². The Labute approximate surface area is 87.5 Å². The van der Waals surface area contributed by atoms with Crippen molar-refractivity contribution in [3.63, 3.8) is 0 Å². The van der Waals surface area contributed by atoms with E-state index in [1.54, 1.807) is 0 Å². The Morgan fingerprint density at radius 3 is 2.73 bits per heavy atom. The summed E-state index contributed by atoms with van der Waals surface area (Å²) in [6.45, 7) is 2.77. The van der Waals surface area contributed by atoms with E-state index in [2.05, 4.69) is 31.5 Å². The van der Waals surface area contributed by atoms with Crippen molar-refractivity contribution in [3.05, 3.63) is 42.0 Å². The summed E-state index contributed by atoms with van der Waals surface area (Å²) in [7, 11) is 0. The first-order chi connectivity index (χ1) is 7.34. The normalized spacial score (nSPS) is 13.8. The number of hydrogen-bond donors (Lipinski definition) is 0. The summed E-state index contributed by atoms with van der Waals surface area (Å²) < 4.78 is 4.25. The predicted molar refractivity (Wildman–Crippen MR) is 56.3 cm³/mol. The molecule has 4 nitrogen and oxygen atoms in total. The van der Waals surface area contributed by atoms with Gasteiger partial charge in [-0.15, -0.1) is 10.2 Å². The zero-order chi connectivity index (χ0) is 10.3. The number of nitrogens with zero attached hydrogens (tertiary/aromatic N) is 4. The van der Waals surface area contributed by atoms with Crippen molar-refractivity contribution in [3.8, 4) is 0 Å². The van der Waals surface area contributed by atoms with Crippen molar-refractivity contribution >= 4 is 11.9 Å². The fourth-order valence-corrected chi connectivity index (χ4v) is 1.78. The molecule has 2 aromatic rings. The summed E-state index contributed by atoms with van der Waals surface area (Å²) in [4.78, 5) is 0. The molecule has 4 heteroatoms. The Bertz CT molecular complexity index is 525. The molecule has 0 saturated carbocycles. The van der Waals surface area contributed by atoms with Gasteiger partial charge in [0.25, 0.3) is 0 Å². The van der Waals surface area contributed by atoms with Crippen LogP contribution < -0.4 is 0 Å². The number of fused-ring (bicyclic) bond motifs is 1. The first kappa shape index (κ1) is 8.35. The Hall–Kier alpha value is -1.97. The van der Waals surface area contributed by atoms with Crippen molar-refractivity contribution in [1.82, 2.24) is 14.8 Å². The molecule has 0 atom stereocenters. The van der Waals surface area contributed by atoms with E-state index < -0.39 is 0 Å². The van der Waals surface area contributed by atoms with Gasteiger partial charge < -0.3 is 0 Å². The van der Waals surface area contributed by atoms with Crippen molar-refractivity contribution in [2.45, 2.75) is 13.6 Å². The number of hydrogen-bond acceptors (Lipinski definition) is 2. The zero-order valence-electron chi connectivity index (χ0n) is 8.46. The molecule has 15 heavy (non-hydrogen) atoms. The summed E-state index contributed by atoms with van der Waals surface area (Å²) in [5, 5.41) is 8.11. The molecule has 0 N–H and O–H groups in total. The molecule has 0 amide bonds. The maximum atomic E-state index is 4.09. The summed E-state index contributed by atoms with van der Waals surface area (Å²) in [6.07, 6.45) is 2.02. The van der Waals surface area contributed by atoms with Gasteiger partial charge in [0.1, 0.15) is 5.82 Å². The molecule has 0 fully saturated rings. The lowest BCUT2D eigenvalue weighted by Crippen LogP contribution is -2.06. The van der Waals surface area contributed by atoms with E-state index in [1.807, 2.05) is 31.3 Å². The van der Waals surface area contributed by atoms with E-state index in [9.17, 15) is 0 Å². The lowest BCUT2D eigenvalue weighted by atomic mass is 10.3. The Morgan fingerprint density at radius 2 is 2.00 bits per heavy atom. The number of benzene rings is 1. The quantitative estimate of drug-likeness (QED) is 0.649. The third-order valence-electron chi connectivity index (χ3n) is 2.62. The fourth-order valence-electron chi connectivity index (χ4n) is 1.78. The second-order valence-electron chi connectivity index (χ2n) is 3.61. The van der Waals surface area contributed by atoms with Crippen molar-refractivity contribution in [2.75, 3.05) is 0 Å². The van der Waals surface area contributed by atoms with E-state index in [-0.39, 0.29) is 0 Å². The Kier molecular flexibility index (Phi) is 1.68. The molecular formula is C11H11N4+. The third-order valence-corrected chi connectivity index (χ3v) is 2.62.